The maximum atomic E-state index is 11.1. The van der Waals surface area contributed by atoms with Crippen molar-refractivity contribution in [3.8, 4) is 5.75 Å². The van der Waals surface area contributed by atoms with Crippen LogP contribution in [0.3, 0.4) is 0 Å². The van der Waals surface area contributed by atoms with Crippen molar-refractivity contribution >= 4 is 11.6 Å². The summed E-state index contributed by atoms with van der Waals surface area (Å²) >= 11 is 0. The molecular weight excluding hydrogens is 180 g/mol. The van der Waals surface area contributed by atoms with Crippen molar-refractivity contribution in [2.75, 3.05) is 18.6 Å². The number of rotatable bonds is 3. The number of anilines is 1. The van der Waals surface area contributed by atoms with E-state index in [1.54, 1.807) is 25.5 Å². The molecule has 1 aromatic rings. The lowest BCUT2D eigenvalue weighted by Gasteiger charge is -2.17. The molecule has 0 atom stereocenters. The standard InChI is InChI=1S/C10H14N2O2/c1-4-14-10-5-6-11-7-9(10)12(3)8(2)13/h5-7H,4H2,1-3H3. The Labute approximate surface area is 83.5 Å². The van der Waals surface area contributed by atoms with E-state index >= 15 is 0 Å². The maximum Gasteiger partial charge on any atom is 0.223 e. The number of hydrogen-bond acceptors (Lipinski definition) is 3. The monoisotopic (exact) mass is 194 g/mol. The summed E-state index contributed by atoms with van der Waals surface area (Å²) in [7, 11) is 1.70. The second-order valence-electron chi connectivity index (χ2n) is 2.85. The number of pyridine rings is 1. The summed E-state index contributed by atoms with van der Waals surface area (Å²) in [6, 6.07) is 1.75. The maximum absolute atomic E-state index is 11.1. The molecule has 0 unspecified atom stereocenters. The van der Waals surface area contributed by atoms with Crippen LogP contribution in [0.5, 0.6) is 5.75 Å². The molecule has 0 fully saturated rings. The van der Waals surface area contributed by atoms with Crippen LogP contribution in [0.4, 0.5) is 5.69 Å². The molecule has 14 heavy (non-hydrogen) atoms. The highest BCUT2D eigenvalue weighted by Gasteiger charge is 2.11. The van der Waals surface area contributed by atoms with Crippen molar-refractivity contribution in [3.63, 3.8) is 0 Å². The van der Waals surface area contributed by atoms with Gasteiger partial charge in [0.25, 0.3) is 0 Å². The van der Waals surface area contributed by atoms with E-state index in [0.29, 0.717) is 18.0 Å². The zero-order chi connectivity index (χ0) is 10.6. The predicted molar refractivity (Wildman–Crippen MR) is 54.5 cm³/mol. The summed E-state index contributed by atoms with van der Waals surface area (Å²) in [5, 5.41) is 0. The minimum Gasteiger partial charge on any atom is -0.492 e. The highest BCUT2D eigenvalue weighted by molar-refractivity contribution is 5.92. The Hall–Kier alpha value is -1.58. The van der Waals surface area contributed by atoms with Gasteiger partial charge >= 0.3 is 0 Å². The highest BCUT2D eigenvalue weighted by Crippen LogP contribution is 2.25. The fraction of sp³-hybridized carbons (Fsp3) is 0.400. The molecule has 0 aliphatic heterocycles. The molecule has 0 saturated heterocycles. The summed E-state index contributed by atoms with van der Waals surface area (Å²) in [4.78, 5) is 16.6. The summed E-state index contributed by atoms with van der Waals surface area (Å²) in [5.74, 6) is 0.638. The Morgan fingerprint density at radius 2 is 2.36 bits per heavy atom. The third-order valence-corrected chi connectivity index (χ3v) is 1.89. The third-order valence-electron chi connectivity index (χ3n) is 1.89. The fourth-order valence-electron chi connectivity index (χ4n) is 1.07. The molecule has 1 amide bonds. The number of nitrogens with zero attached hydrogens (tertiary/aromatic N) is 2. The molecule has 0 aliphatic carbocycles. The van der Waals surface area contributed by atoms with Crippen molar-refractivity contribution in [1.29, 1.82) is 0 Å². The van der Waals surface area contributed by atoms with Crippen LogP contribution in [-0.2, 0) is 4.79 Å². The van der Waals surface area contributed by atoms with Crippen molar-refractivity contribution < 1.29 is 9.53 Å². The molecule has 76 valence electrons. The van der Waals surface area contributed by atoms with Crippen molar-refractivity contribution in [2.45, 2.75) is 13.8 Å². The van der Waals surface area contributed by atoms with Gasteiger partial charge in [-0.2, -0.15) is 0 Å². The highest BCUT2D eigenvalue weighted by atomic mass is 16.5. The average Bonchev–Trinajstić information content (AvgIpc) is 2.18. The molecule has 1 rings (SSSR count). The molecule has 1 heterocycles. The van der Waals surface area contributed by atoms with E-state index in [1.165, 1.54) is 11.8 Å². The van der Waals surface area contributed by atoms with E-state index in [4.69, 9.17) is 4.74 Å². The summed E-state index contributed by atoms with van der Waals surface area (Å²) in [6.07, 6.45) is 3.26. The van der Waals surface area contributed by atoms with E-state index in [9.17, 15) is 4.79 Å². The largest absolute Gasteiger partial charge is 0.492 e. The summed E-state index contributed by atoms with van der Waals surface area (Å²) < 4.78 is 5.37. The van der Waals surface area contributed by atoms with Crippen LogP contribution in [0, 0.1) is 0 Å². The molecule has 1 aromatic heterocycles. The normalized spacial score (nSPS) is 9.64. The van der Waals surface area contributed by atoms with Gasteiger partial charge in [0.1, 0.15) is 11.4 Å². The van der Waals surface area contributed by atoms with Crippen LogP contribution in [-0.4, -0.2) is 24.5 Å². The molecular formula is C10H14N2O2. The lowest BCUT2D eigenvalue weighted by atomic mass is 10.3. The van der Waals surface area contributed by atoms with Gasteiger partial charge in [0.05, 0.1) is 12.8 Å². The smallest absolute Gasteiger partial charge is 0.223 e. The summed E-state index contributed by atoms with van der Waals surface area (Å²) in [5.41, 5.74) is 0.696. The second kappa shape index (κ2) is 4.60. The lowest BCUT2D eigenvalue weighted by molar-refractivity contribution is -0.116. The van der Waals surface area contributed by atoms with Gasteiger partial charge in [0.15, 0.2) is 0 Å². The van der Waals surface area contributed by atoms with Gasteiger partial charge in [0.2, 0.25) is 5.91 Å². The van der Waals surface area contributed by atoms with Crippen molar-refractivity contribution in [1.82, 2.24) is 4.98 Å². The Kier molecular flexibility index (Phi) is 3.45. The van der Waals surface area contributed by atoms with Crippen LogP contribution < -0.4 is 9.64 Å². The molecule has 4 nitrogen and oxygen atoms in total. The Bertz CT molecular complexity index is 326. The molecule has 0 saturated carbocycles. The molecule has 0 spiro atoms. The van der Waals surface area contributed by atoms with E-state index in [-0.39, 0.29) is 5.91 Å². The molecule has 0 aliphatic rings. The topological polar surface area (TPSA) is 42.4 Å². The first-order valence-corrected chi connectivity index (χ1v) is 4.48. The first-order valence-electron chi connectivity index (χ1n) is 4.48. The van der Waals surface area contributed by atoms with Crippen LogP contribution in [0.1, 0.15) is 13.8 Å². The Balaban J connectivity index is 3.00. The van der Waals surface area contributed by atoms with Crippen molar-refractivity contribution in [3.05, 3.63) is 18.5 Å². The minimum absolute atomic E-state index is 0.0426. The zero-order valence-electron chi connectivity index (χ0n) is 8.65. The lowest BCUT2D eigenvalue weighted by Crippen LogP contribution is -2.23. The van der Waals surface area contributed by atoms with E-state index in [0.717, 1.165) is 0 Å². The van der Waals surface area contributed by atoms with E-state index < -0.39 is 0 Å². The quantitative estimate of drug-likeness (QED) is 0.731. The minimum atomic E-state index is -0.0426. The van der Waals surface area contributed by atoms with Gasteiger partial charge in [-0.3, -0.25) is 9.78 Å². The van der Waals surface area contributed by atoms with Gasteiger partial charge < -0.3 is 9.64 Å². The van der Waals surface area contributed by atoms with Gasteiger partial charge in [-0.15, -0.1) is 0 Å². The Morgan fingerprint density at radius 3 is 2.93 bits per heavy atom. The summed E-state index contributed by atoms with van der Waals surface area (Å²) in [6.45, 7) is 3.98. The average molecular weight is 194 g/mol. The van der Waals surface area contributed by atoms with Crippen LogP contribution in [0.15, 0.2) is 18.5 Å². The third kappa shape index (κ3) is 2.22. The first kappa shape index (κ1) is 10.5. The van der Waals surface area contributed by atoms with Crippen LogP contribution in [0.2, 0.25) is 0 Å². The van der Waals surface area contributed by atoms with Gasteiger partial charge in [-0.1, -0.05) is 0 Å². The molecule has 0 bridgehead atoms. The predicted octanol–water partition coefficient (Wildman–Crippen LogP) is 1.46. The zero-order valence-corrected chi connectivity index (χ0v) is 8.65. The van der Waals surface area contributed by atoms with Crippen molar-refractivity contribution in [2.24, 2.45) is 0 Å². The number of ether oxygens (including phenoxy) is 1. The van der Waals surface area contributed by atoms with Crippen LogP contribution >= 0.6 is 0 Å². The number of amides is 1. The van der Waals surface area contributed by atoms with Gasteiger partial charge in [0, 0.05) is 26.2 Å². The SMILES string of the molecule is CCOc1ccncc1N(C)C(C)=O. The number of carbonyl (C=O) groups is 1. The molecule has 0 N–H and O–H groups in total. The van der Waals surface area contributed by atoms with E-state index in [1.807, 2.05) is 6.92 Å². The van der Waals surface area contributed by atoms with E-state index in [2.05, 4.69) is 4.98 Å². The number of hydrogen-bond donors (Lipinski definition) is 0. The number of aromatic nitrogens is 1. The Morgan fingerprint density at radius 1 is 1.64 bits per heavy atom. The second-order valence-corrected chi connectivity index (χ2v) is 2.85. The first-order chi connectivity index (χ1) is 6.66. The van der Waals surface area contributed by atoms with Crippen LogP contribution in [0.25, 0.3) is 0 Å². The van der Waals surface area contributed by atoms with Gasteiger partial charge in [-0.25, -0.2) is 0 Å². The molecule has 0 radical (unpaired) electrons. The number of carbonyl (C=O) groups excluding carboxylic acids is 1. The molecule has 4 heteroatoms. The van der Waals surface area contributed by atoms with Gasteiger partial charge in [-0.05, 0) is 6.92 Å². The fourth-order valence-corrected chi connectivity index (χ4v) is 1.07. The molecule has 0 aromatic carbocycles.